The molecule has 134 valence electrons. The van der Waals surface area contributed by atoms with Crippen LogP contribution in [0.15, 0.2) is 42.9 Å². The monoisotopic (exact) mass is 359 g/mol. The van der Waals surface area contributed by atoms with Crippen molar-refractivity contribution >= 4 is 18.2 Å². The fourth-order valence-corrected chi connectivity index (χ4v) is 3.73. The number of pyridine rings is 2. The molecule has 25 heavy (non-hydrogen) atoms. The number of hydrogen-bond acceptors (Lipinski definition) is 5. The molecule has 2 aliphatic rings. The molecule has 4 heterocycles. The van der Waals surface area contributed by atoms with Crippen molar-refractivity contribution in [1.29, 1.82) is 0 Å². The van der Waals surface area contributed by atoms with Crippen molar-refractivity contribution in [3.8, 4) is 0 Å². The van der Waals surface area contributed by atoms with Crippen LogP contribution in [-0.2, 0) is 6.54 Å². The molecule has 1 atom stereocenters. The van der Waals surface area contributed by atoms with Gasteiger partial charge in [-0.25, -0.2) is 4.98 Å². The van der Waals surface area contributed by atoms with Crippen LogP contribution in [-0.4, -0.2) is 47.6 Å². The molecule has 0 radical (unpaired) electrons. The van der Waals surface area contributed by atoms with Crippen LogP contribution in [0.1, 0.15) is 30.0 Å². The third-order valence-electron chi connectivity index (χ3n) is 5.07. The topological polar surface area (TPSA) is 44.3 Å². The molecule has 2 aromatic rings. The van der Waals surface area contributed by atoms with Gasteiger partial charge in [-0.1, -0.05) is 6.07 Å². The predicted octanol–water partition coefficient (Wildman–Crippen LogP) is 2.65. The third-order valence-corrected chi connectivity index (χ3v) is 5.07. The van der Waals surface area contributed by atoms with Gasteiger partial charge in [-0.05, 0) is 42.2 Å². The lowest BCUT2D eigenvalue weighted by Gasteiger charge is -2.36. The van der Waals surface area contributed by atoms with Gasteiger partial charge in [-0.2, -0.15) is 0 Å². The number of rotatable bonds is 4. The van der Waals surface area contributed by atoms with E-state index in [1.165, 1.54) is 24.0 Å². The van der Waals surface area contributed by atoms with Crippen molar-refractivity contribution in [3.05, 3.63) is 54.0 Å². The van der Waals surface area contributed by atoms with Crippen LogP contribution in [0.2, 0.25) is 0 Å². The summed E-state index contributed by atoms with van der Waals surface area (Å²) < 4.78 is 0. The first-order valence-corrected chi connectivity index (χ1v) is 8.95. The number of piperazine rings is 1. The molecule has 0 aromatic carbocycles. The number of nitrogens with one attached hydrogen (secondary N) is 1. The molecular weight excluding hydrogens is 334 g/mol. The maximum Gasteiger partial charge on any atom is 0.128 e. The summed E-state index contributed by atoms with van der Waals surface area (Å²) in [5, 5.41) is 3.51. The van der Waals surface area contributed by atoms with Crippen LogP contribution in [0.3, 0.4) is 0 Å². The maximum atomic E-state index is 4.70. The van der Waals surface area contributed by atoms with Gasteiger partial charge < -0.3 is 10.2 Å². The van der Waals surface area contributed by atoms with Crippen LogP contribution in [0, 0.1) is 0 Å². The largest absolute Gasteiger partial charge is 0.357 e. The van der Waals surface area contributed by atoms with Crippen molar-refractivity contribution in [2.24, 2.45) is 0 Å². The van der Waals surface area contributed by atoms with E-state index in [0.29, 0.717) is 6.04 Å². The third kappa shape index (κ3) is 4.29. The van der Waals surface area contributed by atoms with Gasteiger partial charge in [-0.3, -0.25) is 9.88 Å². The minimum atomic E-state index is 0. The number of hydrogen-bond donors (Lipinski definition) is 1. The normalized spacial score (nSPS) is 21.1. The Bertz CT molecular complexity index is 643. The summed E-state index contributed by atoms with van der Waals surface area (Å²) in [7, 11) is 0. The maximum absolute atomic E-state index is 4.70. The molecule has 1 N–H and O–H groups in total. The fourth-order valence-electron chi connectivity index (χ4n) is 3.73. The molecule has 1 unspecified atom stereocenters. The van der Waals surface area contributed by atoms with E-state index < -0.39 is 0 Å². The molecule has 0 aliphatic carbocycles. The average molecular weight is 360 g/mol. The summed E-state index contributed by atoms with van der Waals surface area (Å²) >= 11 is 0. The lowest BCUT2D eigenvalue weighted by molar-refractivity contribution is 0.153. The molecule has 6 heteroatoms. The fraction of sp³-hybridized carbons (Fsp3) is 0.474. The molecule has 2 fully saturated rings. The average Bonchev–Trinajstić information content (AvgIpc) is 3.18. The van der Waals surface area contributed by atoms with Crippen LogP contribution in [0.4, 0.5) is 5.82 Å². The molecule has 5 nitrogen and oxygen atoms in total. The predicted molar refractivity (Wildman–Crippen MR) is 103 cm³/mol. The molecule has 2 aromatic heterocycles. The molecule has 2 saturated heterocycles. The summed E-state index contributed by atoms with van der Waals surface area (Å²) in [6.07, 6.45) is 8.40. The standard InChI is InChI=1S/C19H25N5.ClH/c1-2-11-23(10-1)19-4-3-16(13-22-19)15-24-12-9-21-14-18(24)17-5-7-20-8-6-17;/h3-8,13,18,21H,1-2,9-12,14-15H2;1H. The first kappa shape index (κ1) is 18.1. The first-order valence-electron chi connectivity index (χ1n) is 8.95. The molecule has 0 spiro atoms. The van der Waals surface area contributed by atoms with E-state index in [4.69, 9.17) is 4.98 Å². The van der Waals surface area contributed by atoms with Crippen molar-refractivity contribution in [1.82, 2.24) is 20.2 Å². The van der Waals surface area contributed by atoms with Crippen LogP contribution < -0.4 is 10.2 Å². The van der Waals surface area contributed by atoms with Crippen molar-refractivity contribution in [3.63, 3.8) is 0 Å². The highest BCUT2D eigenvalue weighted by Crippen LogP contribution is 2.24. The summed E-state index contributed by atoms with van der Waals surface area (Å²) in [4.78, 5) is 13.8. The van der Waals surface area contributed by atoms with E-state index >= 15 is 0 Å². The summed E-state index contributed by atoms with van der Waals surface area (Å²) in [5.41, 5.74) is 2.62. The number of anilines is 1. The van der Waals surface area contributed by atoms with E-state index in [-0.39, 0.29) is 12.4 Å². The van der Waals surface area contributed by atoms with Crippen molar-refractivity contribution in [2.75, 3.05) is 37.6 Å². The first-order chi connectivity index (χ1) is 11.9. The van der Waals surface area contributed by atoms with Gasteiger partial charge in [0.15, 0.2) is 0 Å². The Morgan fingerprint density at radius 1 is 1.04 bits per heavy atom. The molecule has 0 amide bonds. The van der Waals surface area contributed by atoms with Crippen molar-refractivity contribution < 1.29 is 0 Å². The van der Waals surface area contributed by atoms with Crippen LogP contribution in [0.25, 0.3) is 0 Å². The Hall–Kier alpha value is -1.69. The highest BCUT2D eigenvalue weighted by Gasteiger charge is 2.24. The minimum Gasteiger partial charge on any atom is -0.357 e. The lowest BCUT2D eigenvalue weighted by atomic mass is 10.0. The minimum absolute atomic E-state index is 0. The SMILES string of the molecule is Cl.c1cc(C2CNCCN2Cc2ccc(N3CCCC3)nc2)ccn1. The quantitative estimate of drug-likeness (QED) is 0.909. The lowest BCUT2D eigenvalue weighted by Crippen LogP contribution is -2.45. The van der Waals surface area contributed by atoms with Gasteiger partial charge in [-0.15, -0.1) is 12.4 Å². The number of nitrogens with zero attached hydrogens (tertiary/aromatic N) is 4. The van der Waals surface area contributed by atoms with Crippen LogP contribution in [0.5, 0.6) is 0 Å². The summed E-state index contributed by atoms with van der Waals surface area (Å²) in [6.45, 7) is 6.33. The zero-order valence-electron chi connectivity index (χ0n) is 14.5. The Balaban J connectivity index is 0.00000182. The Morgan fingerprint density at radius 3 is 2.56 bits per heavy atom. The molecular formula is C19H26ClN5. The van der Waals surface area contributed by atoms with E-state index in [9.17, 15) is 0 Å². The Labute approximate surface area is 155 Å². The van der Waals surface area contributed by atoms with Gasteiger partial charge in [0.1, 0.15) is 5.82 Å². The highest BCUT2D eigenvalue weighted by molar-refractivity contribution is 5.85. The zero-order chi connectivity index (χ0) is 16.2. The van der Waals surface area contributed by atoms with Crippen LogP contribution >= 0.6 is 12.4 Å². The van der Waals surface area contributed by atoms with E-state index in [0.717, 1.165) is 45.1 Å². The Kier molecular flexibility index (Phi) is 6.24. The molecule has 4 rings (SSSR count). The van der Waals surface area contributed by atoms with E-state index in [1.807, 2.05) is 12.4 Å². The molecule has 0 bridgehead atoms. The van der Waals surface area contributed by atoms with Gasteiger partial charge in [0.2, 0.25) is 0 Å². The summed E-state index contributed by atoms with van der Waals surface area (Å²) in [6, 6.07) is 9.08. The van der Waals surface area contributed by atoms with Gasteiger partial charge in [0.25, 0.3) is 0 Å². The van der Waals surface area contributed by atoms with Gasteiger partial charge >= 0.3 is 0 Å². The smallest absolute Gasteiger partial charge is 0.128 e. The van der Waals surface area contributed by atoms with Gasteiger partial charge in [0.05, 0.1) is 0 Å². The van der Waals surface area contributed by atoms with Crippen molar-refractivity contribution in [2.45, 2.75) is 25.4 Å². The second-order valence-corrected chi connectivity index (χ2v) is 6.69. The molecule has 0 saturated carbocycles. The Morgan fingerprint density at radius 2 is 1.84 bits per heavy atom. The van der Waals surface area contributed by atoms with E-state index in [2.05, 4.69) is 50.6 Å². The van der Waals surface area contributed by atoms with Gasteiger partial charge in [0, 0.05) is 63.9 Å². The number of halogens is 1. The molecule has 2 aliphatic heterocycles. The highest BCUT2D eigenvalue weighted by atomic mass is 35.5. The second-order valence-electron chi connectivity index (χ2n) is 6.69. The number of aromatic nitrogens is 2. The second kappa shape index (κ2) is 8.61. The summed E-state index contributed by atoms with van der Waals surface area (Å²) in [5.74, 6) is 1.13. The van der Waals surface area contributed by atoms with E-state index in [1.54, 1.807) is 0 Å². The zero-order valence-corrected chi connectivity index (χ0v) is 15.3.